The maximum absolute atomic E-state index is 5.89. The lowest BCUT2D eigenvalue weighted by Gasteiger charge is -2.12. The molecule has 2 aromatic carbocycles. The van der Waals surface area contributed by atoms with Gasteiger partial charge in [0.25, 0.3) is 0 Å². The molecule has 1 aromatic heterocycles. The number of ether oxygens (including phenoxy) is 1. The van der Waals surface area contributed by atoms with Crippen LogP contribution in [0.2, 0.25) is 5.02 Å². The van der Waals surface area contributed by atoms with E-state index in [4.69, 9.17) is 21.2 Å². The summed E-state index contributed by atoms with van der Waals surface area (Å²) < 4.78 is 5.34. The molecule has 0 aliphatic rings. The van der Waals surface area contributed by atoms with Gasteiger partial charge < -0.3 is 19.5 Å². The summed E-state index contributed by atoms with van der Waals surface area (Å²) in [5.74, 6) is 1.49. The highest BCUT2D eigenvalue weighted by Gasteiger charge is 2.15. The fourth-order valence-electron chi connectivity index (χ4n) is 2.72. The van der Waals surface area contributed by atoms with Crippen LogP contribution >= 0.6 is 11.6 Å². The molecular formula is C21H29ClN4O2. The molecule has 0 radical (unpaired) electrons. The van der Waals surface area contributed by atoms with E-state index in [1.54, 1.807) is 7.11 Å². The second kappa shape index (κ2) is 10.9. The first-order valence-corrected chi connectivity index (χ1v) is 9.67. The third-order valence-corrected chi connectivity index (χ3v) is 4.23. The fraction of sp³-hybridized carbons (Fsp3) is 0.333. The Balaban J connectivity index is 0.00000136. The van der Waals surface area contributed by atoms with Crippen molar-refractivity contribution in [2.75, 3.05) is 21.2 Å². The van der Waals surface area contributed by atoms with E-state index in [1.807, 2.05) is 70.4 Å². The lowest BCUT2D eigenvalue weighted by Crippen LogP contribution is -2.34. The van der Waals surface area contributed by atoms with Crippen LogP contribution in [0.4, 0.5) is 0 Å². The Kier molecular flexibility index (Phi) is 8.60. The minimum atomic E-state index is 0.605. The topological polar surface area (TPSA) is 61.6 Å². The number of hydrogen-bond donors (Lipinski definition) is 3. The predicted octanol–water partition coefficient (Wildman–Crippen LogP) is 4.51. The normalized spacial score (nSPS) is 10.7. The zero-order valence-electron chi connectivity index (χ0n) is 17.1. The number of hydrazine groups is 1. The maximum atomic E-state index is 5.89. The van der Waals surface area contributed by atoms with E-state index in [-0.39, 0.29) is 0 Å². The highest BCUT2D eigenvalue weighted by molar-refractivity contribution is 6.30. The molecule has 0 atom stereocenters. The summed E-state index contributed by atoms with van der Waals surface area (Å²) in [4.78, 5) is 11.1. The van der Waals surface area contributed by atoms with E-state index < -0.39 is 0 Å². The fourth-order valence-corrected chi connectivity index (χ4v) is 2.84. The number of nitrogens with one attached hydrogen (secondary N) is 3. The quantitative estimate of drug-likeness (QED) is 0.381. The van der Waals surface area contributed by atoms with Gasteiger partial charge in [0.15, 0.2) is 0 Å². The van der Waals surface area contributed by atoms with Crippen LogP contribution < -0.4 is 20.6 Å². The van der Waals surface area contributed by atoms with Crippen LogP contribution in [0.1, 0.15) is 25.0 Å². The predicted molar refractivity (Wildman–Crippen MR) is 116 cm³/mol. The monoisotopic (exact) mass is 404 g/mol. The zero-order valence-corrected chi connectivity index (χ0v) is 17.9. The molecule has 0 fully saturated rings. The highest BCUT2D eigenvalue weighted by Crippen LogP contribution is 2.31. The van der Waals surface area contributed by atoms with Gasteiger partial charge in [0.2, 0.25) is 5.88 Å². The van der Waals surface area contributed by atoms with Crippen molar-refractivity contribution in [3.05, 3.63) is 58.6 Å². The average molecular weight is 405 g/mol. The summed E-state index contributed by atoms with van der Waals surface area (Å²) in [7, 11) is 5.71. The zero-order chi connectivity index (χ0) is 20.5. The number of H-pyrrole nitrogens is 1. The first kappa shape index (κ1) is 22.0. The van der Waals surface area contributed by atoms with Gasteiger partial charge in [-0.15, -0.1) is 0 Å². The van der Waals surface area contributed by atoms with Crippen molar-refractivity contribution in [2.45, 2.75) is 26.9 Å². The van der Waals surface area contributed by atoms with Crippen molar-refractivity contribution < 1.29 is 9.57 Å². The van der Waals surface area contributed by atoms with Crippen LogP contribution in [0, 0.1) is 0 Å². The van der Waals surface area contributed by atoms with Crippen molar-refractivity contribution in [3.63, 3.8) is 0 Å². The second-order valence-corrected chi connectivity index (χ2v) is 6.70. The lowest BCUT2D eigenvalue weighted by atomic mass is 10.1. The summed E-state index contributed by atoms with van der Waals surface area (Å²) in [5.41, 5.74) is 9.00. The van der Waals surface area contributed by atoms with Gasteiger partial charge in [-0.05, 0) is 50.0 Å². The van der Waals surface area contributed by atoms with Crippen molar-refractivity contribution in [3.8, 4) is 11.6 Å². The van der Waals surface area contributed by atoms with Gasteiger partial charge in [-0.2, -0.15) is 0 Å². The van der Waals surface area contributed by atoms with E-state index in [2.05, 4.69) is 20.9 Å². The molecule has 6 nitrogen and oxygen atoms in total. The minimum absolute atomic E-state index is 0.605. The van der Waals surface area contributed by atoms with Gasteiger partial charge >= 0.3 is 0 Å². The smallest absolute Gasteiger partial charge is 0.223 e. The van der Waals surface area contributed by atoms with Crippen molar-refractivity contribution in [1.29, 1.82) is 0 Å². The molecular weight excluding hydrogens is 376 g/mol. The SMILES string of the molecule is CC.COc1ccc2[nH]c(ONNCc3ccc(Cl)cc3)c(CN(C)C)c2c1. The Labute approximate surface area is 171 Å². The summed E-state index contributed by atoms with van der Waals surface area (Å²) in [6.07, 6.45) is 0. The van der Waals surface area contributed by atoms with Crippen LogP contribution in [0.15, 0.2) is 42.5 Å². The van der Waals surface area contributed by atoms with Crippen LogP contribution in [0.3, 0.4) is 0 Å². The van der Waals surface area contributed by atoms with Crippen molar-refractivity contribution in [2.24, 2.45) is 0 Å². The molecule has 0 aliphatic carbocycles. The molecule has 7 heteroatoms. The van der Waals surface area contributed by atoms with Gasteiger partial charge in [0.1, 0.15) is 5.75 Å². The largest absolute Gasteiger partial charge is 0.497 e. The average Bonchev–Trinajstić information content (AvgIpc) is 3.04. The highest BCUT2D eigenvalue weighted by atomic mass is 35.5. The third-order valence-electron chi connectivity index (χ3n) is 3.98. The number of methoxy groups -OCH3 is 1. The number of halogens is 1. The number of aromatic amines is 1. The number of aromatic nitrogens is 1. The number of nitrogens with zero attached hydrogens (tertiary/aromatic N) is 1. The maximum Gasteiger partial charge on any atom is 0.223 e. The first-order chi connectivity index (χ1) is 13.6. The Morgan fingerprint density at radius 2 is 1.79 bits per heavy atom. The van der Waals surface area contributed by atoms with Crippen LogP contribution in [-0.2, 0) is 13.1 Å². The van der Waals surface area contributed by atoms with E-state index in [0.29, 0.717) is 12.4 Å². The molecule has 0 bridgehead atoms. The molecule has 3 N–H and O–H groups in total. The molecule has 0 spiro atoms. The number of rotatable bonds is 8. The van der Waals surface area contributed by atoms with Gasteiger partial charge in [-0.25, -0.2) is 5.43 Å². The Bertz CT molecular complexity index is 863. The Hall–Kier alpha value is -2.25. The van der Waals surface area contributed by atoms with Crippen LogP contribution in [-0.4, -0.2) is 31.1 Å². The van der Waals surface area contributed by atoms with E-state index in [9.17, 15) is 0 Å². The molecule has 3 aromatic rings. The van der Waals surface area contributed by atoms with Crippen molar-refractivity contribution >= 4 is 22.5 Å². The molecule has 1 heterocycles. The number of benzene rings is 2. The molecule has 3 rings (SSSR count). The summed E-state index contributed by atoms with van der Waals surface area (Å²) in [5, 5.41) is 1.80. The van der Waals surface area contributed by atoms with Crippen LogP contribution in [0.25, 0.3) is 10.9 Å². The van der Waals surface area contributed by atoms with Crippen LogP contribution in [0.5, 0.6) is 11.6 Å². The Morgan fingerprint density at radius 3 is 2.43 bits per heavy atom. The molecule has 0 saturated heterocycles. The van der Waals surface area contributed by atoms with E-state index >= 15 is 0 Å². The van der Waals surface area contributed by atoms with Crippen molar-refractivity contribution in [1.82, 2.24) is 20.9 Å². The van der Waals surface area contributed by atoms with E-state index in [1.165, 1.54) is 0 Å². The lowest BCUT2D eigenvalue weighted by molar-refractivity contribution is 0.138. The molecule has 0 aliphatic heterocycles. The third kappa shape index (κ3) is 5.87. The summed E-state index contributed by atoms with van der Waals surface area (Å²) >= 11 is 5.89. The van der Waals surface area contributed by atoms with Gasteiger partial charge in [-0.1, -0.05) is 43.2 Å². The molecule has 0 saturated carbocycles. The summed E-state index contributed by atoms with van der Waals surface area (Å²) in [6, 6.07) is 13.6. The first-order valence-electron chi connectivity index (χ1n) is 9.29. The van der Waals surface area contributed by atoms with E-state index in [0.717, 1.165) is 39.3 Å². The minimum Gasteiger partial charge on any atom is -0.497 e. The molecule has 152 valence electrons. The standard InChI is InChI=1S/C19H23ClN4O2.C2H6/c1-24(2)12-17-16-10-15(25-3)8-9-18(16)22-19(17)26-23-21-11-13-4-6-14(20)7-5-13;1-2/h4-10,21-23H,11-12H2,1-3H3;1-2H3. The second-order valence-electron chi connectivity index (χ2n) is 6.27. The van der Waals surface area contributed by atoms with Gasteiger partial charge in [0.05, 0.1) is 7.11 Å². The molecule has 0 amide bonds. The van der Waals surface area contributed by atoms with Gasteiger partial charge in [-0.3, -0.25) is 0 Å². The number of fused-ring (bicyclic) bond motifs is 1. The Morgan fingerprint density at radius 1 is 1.07 bits per heavy atom. The number of hydrogen-bond acceptors (Lipinski definition) is 5. The molecule has 28 heavy (non-hydrogen) atoms. The van der Waals surface area contributed by atoms with Gasteiger partial charge in [0, 0.05) is 34.6 Å². The summed E-state index contributed by atoms with van der Waals surface area (Å²) in [6.45, 7) is 5.34. The molecule has 0 unspecified atom stereocenters.